The number of carbonyl (C=O) groups is 2. The summed E-state index contributed by atoms with van der Waals surface area (Å²) in [7, 11) is 0. The van der Waals surface area contributed by atoms with Crippen molar-refractivity contribution in [3.63, 3.8) is 0 Å². The number of aryl methyl sites for hydroxylation is 1. The van der Waals surface area contributed by atoms with Crippen molar-refractivity contribution in [1.29, 1.82) is 0 Å². The van der Waals surface area contributed by atoms with Crippen molar-refractivity contribution in [1.82, 2.24) is 20.2 Å². The molecule has 0 spiro atoms. The van der Waals surface area contributed by atoms with Gasteiger partial charge in [0.25, 0.3) is 5.91 Å². The SMILES string of the molecule is Cc1ccccc1-n1nnnc1SCC(=O)Nc1sccc1C(N)=O. The van der Waals surface area contributed by atoms with E-state index >= 15 is 0 Å². The fraction of sp³-hybridized carbons (Fsp3) is 0.133. The van der Waals surface area contributed by atoms with Crippen molar-refractivity contribution < 1.29 is 9.59 Å². The highest BCUT2D eigenvalue weighted by molar-refractivity contribution is 7.99. The van der Waals surface area contributed by atoms with E-state index in [1.807, 2.05) is 31.2 Å². The Balaban J connectivity index is 1.68. The lowest BCUT2D eigenvalue weighted by Crippen LogP contribution is -2.18. The number of anilines is 1. The second-order valence-corrected chi connectivity index (χ2v) is 6.88. The molecule has 0 bridgehead atoms. The van der Waals surface area contributed by atoms with E-state index in [9.17, 15) is 9.59 Å². The van der Waals surface area contributed by atoms with Crippen molar-refractivity contribution in [3.05, 3.63) is 46.8 Å². The molecule has 25 heavy (non-hydrogen) atoms. The molecule has 0 aliphatic rings. The van der Waals surface area contributed by atoms with E-state index in [0.717, 1.165) is 11.3 Å². The van der Waals surface area contributed by atoms with Gasteiger partial charge in [0.2, 0.25) is 11.1 Å². The molecule has 3 N–H and O–H groups in total. The molecular formula is C15H14N6O2S2. The molecule has 8 nitrogen and oxygen atoms in total. The van der Waals surface area contributed by atoms with Crippen molar-refractivity contribution in [2.75, 3.05) is 11.1 Å². The summed E-state index contributed by atoms with van der Waals surface area (Å²) in [5.74, 6) is -0.746. The zero-order chi connectivity index (χ0) is 17.8. The summed E-state index contributed by atoms with van der Waals surface area (Å²) in [4.78, 5) is 23.4. The number of carbonyl (C=O) groups excluding carboxylic acids is 2. The third-order valence-corrected chi connectivity index (χ3v) is 5.05. The number of nitrogens with two attached hydrogens (primary N) is 1. The molecule has 3 rings (SSSR count). The summed E-state index contributed by atoms with van der Waals surface area (Å²) in [6.45, 7) is 1.96. The van der Waals surface area contributed by atoms with E-state index in [4.69, 9.17) is 5.73 Å². The second kappa shape index (κ2) is 7.45. The minimum atomic E-state index is -0.576. The molecule has 1 aromatic carbocycles. The monoisotopic (exact) mass is 374 g/mol. The van der Waals surface area contributed by atoms with Crippen LogP contribution < -0.4 is 11.1 Å². The van der Waals surface area contributed by atoms with E-state index in [1.165, 1.54) is 23.1 Å². The van der Waals surface area contributed by atoms with Gasteiger partial charge < -0.3 is 11.1 Å². The van der Waals surface area contributed by atoms with Crippen LogP contribution in [-0.4, -0.2) is 37.8 Å². The minimum Gasteiger partial charge on any atom is -0.366 e. The molecule has 0 saturated carbocycles. The predicted octanol–water partition coefficient (Wildman–Crippen LogP) is 1.86. The molecule has 3 aromatic rings. The molecule has 0 atom stereocenters. The molecule has 10 heteroatoms. The number of benzene rings is 1. The van der Waals surface area contributed by atoms with Gasteiger partial charge in [0.15, 0.2) is 0 Å². The molecule has 0 aliphatic carbocycles. The Morgan fingerprint density at radius 3 is 2.88 bits per heavy atom. The van der Waals surface area contributed by atoms with Crippen LogP contribution in [0.15, 0.2) is 40.9 Å². The van der Waals surface area contributed by atoms with Crippen LogP contribution in [0.25, 0.3) is 5.69 Å². The second-order valence-electron chi connectivity index (χ2n) is 5.02. The van der Waals surface area contributed by atoms with Crippen LogP contribution in [0.2, 0.25) is 0 Å². The van der Waals surface area contributed by atoms with Crippen LogP contribution in [0.5, 0.6) is 0 Å². The minimum absolute atomic E-state index is 0.0996. The van der Waals surface area contributed by atoms with Gasteiger partial charge in [-0.15, -0.1) is 16.4 Å². The zero-order valence-electron chi connectivity index (χ0n) is 13.2. The highest BCUT2D eigenvalue weighted by atomic mass is 32.2. The number of nitrogens with one attached hydrogen (secondary N) is 1. The van der Waals surface area contributed by atoms with Gasteiger partial charge in [0.1, 0.15) is 5.00 Å². The van der Waals surface area contributed by atoms with Crippen LogP contribution in [0.1, 0.15) is 15.9 Å². The number of amides is 2. The summed E-state index contributed by atoms with van der Waals surface area (Å²) in [6.07, 6.45) is 0. The van der Waals surface area contributed by atoms with Crippen LogP contribution in [-0.2, 0) is 4.79 Å². The number of rotatable bonds is 6. The lowest BCUT2D eigenvalue weighted by Gasteiger charge is -2.07. The molecule has 0 fully saturated rings. The Kier molecular flexibility index (Phi) is 5.10. The topological polar surface area (TPSA) is 116 Å². The quantitative estimate of drug-likeness (QED) is 0.636. The lowest BCUT2D eigenvalue weighted by atomic mass is 10.2. The number of primary amides is 1. The molecule has 2 amide bonds. The van der Waals surface area contributed by atoms with E-state index in [0.29, 0.717) is 15.7 Å². The average molecular weight is 374 g/mol. The number of thioether (sulfide) groups is 1. The first-order valence-corrected chi connectivity index (χ1v) is 9.07. The molecule has 2 aromatic heterocycles. The maximum Gasteiger partial charge on any atom is 0.251 e. The first-order chi connectivity index (χ1) is 12.1. The van der Waals surface area contributed by atoms with Crippen molar-refractivity contribution in [2.24, 2.45) is 5.73 Å². The number of nitrogens with zero attached hydrogens (tertiary/aromatic N) is 4. The van der Waals surface area contributed by atoms with Gasteiger partial charge in [-0.25, -0.2) is 0 Å². The number of para-hydroxylation sites is 1. The Morgan fingerprint density at radius 1 is 1.32 bits per heavy atom. The van der Waals surface area contributed by atoms with E-state index < -0.39 is 5.91 Å². The van der Waals surface area contributed by atoms with Gasteiger partial charge in [0.05, 0.1) is 17.0 Å². The summed E-state index contributed by atoms with van der Waals surface area (Å²) in [5, 5.41) is 17.0. The first-order valence-electron chi connectivity index (χ1n) is 7.20. The van der Waals surface area contributed by atoms with Crippen molar-refractivity contribution >= 4 is 39.9 Å². The number of aromatic nitrogens is 4. The van der Waals surface area contributed by atoms with Gasteiger partial charge in [-0.1, -0.05) is 30.0 Å². The summed E-state index contributed by atoms with van der Waals surface area (Å²) >= 11 is 2.45. The Morgan fingerprint density at radius 2 is 2.12 bits per heavy atom. The highest BCUT2D eigenvalue weighted by Gasteiger charge is 2.15. The molecule has 0 aliphatic heterocycles. The van der Waals surface area contributed by atoms with E-state index in [1.54, 1.807) is 16.1 Å². The Labute approximate surface area is 151 Å². The number of hydrogen-bond acceptors (Lipinski definition) is 7. The van der Waals surface area contributed by atoms with Gasteiger partial charge in [-0.3, -0.25) is 9.59 Å². The van der Waals surface area contributed by atoms with Gasteiger partial charge >= 0.3 is 0 Å². The first kappa shape index (κ1) is 17.1. The summed E-state index contributed by atoms with van der Waals surface area (Å²) in [5.41, 5.74) is 7.44. The van der Waals surface area contributed by atoms with Gasteiger partial charge in [-0.05, 0) is 40.4 Å². The summed E-state index contributed by atoms with van der Waals surface area (Å²) < 4.78 is 1.59. The van der Waals surface area contributed by atoms with Crippen LogP contribution in [0.4, 0.5) is 5.00 Å². The highest BCUT2D eigenvalue weighted by Crippen LogP contribution is 2.24. The van der Waals surface area contributed by atoms with E-state index in [2.05, 4.69) is 20.8 Å². The van der Waals surface area contributed by atoms with E-state index in [-0.39, 0.29) is 11.7 Å². The van der Waals surface area contributed by atoms with Gasteiger partial charge in [0, 0.05) is 0 Å². The number of tetrazole rings is 1. The molecule has 0 saturated heterocycles. The molecule has 0 unspecified atom stereocenters. The van der Waals surface area contributed by atoms with Crippen molar-refractivity contribution in [3.8, 4) is 5.69 Å². The average Bonchev–Trinajstić information content (AvgIpc) is 3.22. The molecular weight excluding hydrogens is 360 g/mol. The fourth-order valence-corrected chi connectivity index (χ4v) is 3.61. The smallest absolute Gasteiger partial charge is 0.251 e. The van der Waals surface area contributed by atoms with Gasteiger partial charge in [-0.2, -0.15) is 4.68 Å². The molecule has 2 heterocycles. The van der Waals surface area contributed by atoms with Crippen LogP contribution >= 0.6 is 23.1 Å². The lowest BCUT2D eigenvalue weighted by molar-refractivity contribution is -0.113. The standard InChI is InChI=1S/C15H14N6O2S2/c1-9-4-2-3-5-11(9)21-15(18-19-20-21)25-8-12(22)17-14-10(13(16)23)6-7-24-14/h2-7H,8H2,1H3,(H2,16,23)(H,17,22). The molecule has 0 radical (unpaired) electrons. The maximum atomic E-state index is 12.1. The number of thiophene rings is 1. The maximum absolute atomic E-state index is 12.1. The predicted molar refractivity (Wildman–Crippen MR) is 96.1 cm³/mol. The Hall–Kier alpha value is -2.72. The normalized spacial score (nSPS) is 10.6. The Bertz CT molecular complexity index is 920. The number of hydrogen-bond donors (Lipinski definition) is 2. The zero-order valence-corrected chi connectivity index (χ0v) is 14.8. The summed E-state index contributed by atoms with van der Waals surface area (Å²) in [6, 6.07) is 9.27. The fourth-order valence-electron chi connectivity index (χ4n) is 2.11. The van der Waals surface area contributed by atoms with Crippen molar-refractivity contribution in [2.45, 2.75) is 12.1 Å². The largest absolute Gasteiger partial charge is 0.366 e. The third-order valence-electron chi connectivity index (χ3n) is 3.30. The van der Waals surface area contributed by atoms with Crippen LogP contribution in [0.3, 0.4) is 0 Å². The van der Waals surface area contributed by atoms with Crippen LogP contribution in [0, 0.1) is 6.92 Å². The third kappa shape index (κ3) is 3.86. The molecule has 128 valence electrons.